The van der Waals surface area contributed by atoms with Crippen molar-refractivity contribution in [1.82, 2.24) is 0 Å². The molecule has 0 bridgehead atoms. The number of nitrogens with one attached hydrogen (secondary N) is 1. The Balaban J connectivity index is 2.16. The number of sulfone groups is 1. The first-order chi connectivity index (χ1) is 10.6. The highest BCUT2D eigenvalue weighted by atomic mass is 32.2. The molecule has 5 nitrogen and oxygen atoms in total. The van der Waals surface area contributed by atoms with E-state index in [2.05, 4.69) is 5.32 Å². The summed E-state index contributed by atoms with van der Waals surface area (Å²) in [6.07, 6.45) is 0. The summed E-state index contributed by atoms with van der Waals surface area (Å²) >= 11 is 0. The lowest BCUT2D eigenvalue weighted by molar-refractivity contribution is 0.0995. The van der Waals surface area contributed by atoms with Gasteiger partial charge < -0.3 is 9.73 Å². The molecule has 1 heterocycles. The summed E-state index contributed by atoms with van der Waals surface area (Å²) in [5, 5.41) is 2.71. The van der Waals surface area contributed by atoms with Crippen molar-refractivity contribution in [3.8, 4) is 0 Å². The van der Waals surface area contributed by atoms with Crippen LogP contribution in [-0.4, -0.2) is 19.1 Å². The van der Waals surface area contributed by atoms with Crippen molar-refractivity contribution in [3.63, 3.8) is 0 Å². The van der Waals surface area contributed by atoms with Crippen LogP contribution < -0.4 is 5.32 Å². The Morgan fingerprint density at radius 3 is 2.43 bits per heavy atom. The van der Waals surface area contributed by atoms with Crippen LogP contribution in [-0.2, 0) is 15.6 Å². The smallest absolute Gasteiger partial charge is 0.291 e. The molecule has 0 aliphatic rings. The highest BCUT2D eigenvalue weighted by Crippen LogP contribution is 2.22. The van der Waals surface area contributed by atoms with Crippen molar-refractivity contribution >= 4 is 21.4 Å². The van der Waals surface area contributed by atoms with E-state index in [-0.39, 0.29) is 17.4 Å². The number of furan rings is 1. The maximum absolute atomic E-state index is 12.3. The van der Waals surface area contributed by atoms with Gasteiger partial charge in [-0.1, -0.05) is 12.1 Å². The third-order valence-corrected chi connectivity index (χ3v) is 6.02. The Morgan fingerprint density at radius 2 is 1.87 bits per heavy atom. The third kappa shape index (κ3) is 4.22. The molecule has 124 valence electrons. The van der Waals surface area contributed by atoms with Crippen LogP contribution in [0.25, 0.3) is 0 Å². The maximum atomic E-state index is 12.3. The molecule has 2 rings (SSSR count). The van der Waals surface area contributed by atoms with Crippen LogP contribution in [0.1, 0.15) is 42.6 Å². The van der Waals surface area contributed by atoms with Crippen molar-refractivity contribution in [3.05, 3.63) is 53.5 Å². The van der Waals surface area contributed by atoms with E-state index >= 15 is 0 Å². The van der Waals surface area contributed by atoms with Crippen molar-refractivity contribution in [2.24, 2.45) is 0 Å². The molecule has 0 radical (unpaired) electrons. The molecule has 0 aliphatic heterocycles. The van der Waals surface area contributed by atoms with Gasteiger partial charge in [0.2, 0.25) is 0 Å². The maximum Gasteiger partial charge on any atom is 0.291 e. The van der Waals surface area contributed by atoms with Gasteiger partial charge in [0.25, 0.3) is 5.91 Å². The number of anilines is 1. The number of hydrogen-bond donors (Lipinski definition) is 1. The molecular formula is C17H21NO4S. The minimum Gasteiger partial charge on any atom is -0.456 e. The SMILES string of the molecule is Cc1ccc(C(=O)Nc2cccc(CS(=O)(=O)C(C)(C)C)c2)o1. The number of carbonyl (C=O) groups excluding carboxylic acids is 1. The number of aryl methyl sites for hydroxylation is 1. The lowest BCUT2D eigenvalue weighted by atomic mass is 10.2. The quantitative estimate of drug-likeness (QED) is 0.927. The normalized spacial score (nSPS) is 12.2. The molecule has 1 aromatic heterocycles. The van der Waals surface area contributed by atoms with Gasteiger partial charge >= 0.3 is 0 Å². The molecule has 0 unspecified atom stereocenters. The van der Waals surface area contributed by atoms with E-state index < -0.39 is 14.6 Å². The average molecular weight is 335 g/mol. The van der Waals surface area contributed by atoms with E-state index in [9.17, 15) is 13.2 Å². The second-order valence-corrected chi connectivity index (χ2v) is 9.18. The third-order valence-electron chi connectivity index (χ3n) is 3.44. The number of hydrogen-bond acceptors (Lipinski definition) is 4. The number of amides is 1. The first-order valence-electron chi connectivity index (χ1n) is 7.27. The topological polar surface area (TPSA) is 76.4 Å². The molecule has 1 N–H and O–H groups in total. The van der Waals surface area contributed by atoms with E-state index in [1.807, 2.05) is 0 Å². The van der Waals surface area contributed by atoms with E-state index in [4.69, 9.17) is 4.42 Å². The molecule has 1 aromatic carbocycles. The minimum absolute atomic E-state index is 0.0694. The Kier molecular flexibility index (Phi) is 4.66. The highest BCUT2D eigenvalue weighted by Gasteiger charge is 2.29. The Morgan fingerprint density at radius 1 is 1.17 bits per heavy atom. The van der Waals surface area contributed by atoms with E-state index in [0.717, 1.165) is 0 Å². The van der Waals surface area contributed by atoms with Crippen LogP contribution in [0.15, 0.2) is 40.8 Å². The molecule has 0 saturated carbocycles. The van der Waals surface area contributed by atoms with Gasteiger partial charge in [-0.25, -0.2) is 8.42 Å². The lowest BCUT2D eigenvalue weighted by Crippen LogP contribution is -2.29. The van der Waals surface area contributed by atoms with E-state index in [1.54, 1.807) is 64.1 Å². The van der Waals surface area contributed by atoms with Gasteiger partial charge in [0.1, 0.15) is 5.76 Å². The average Bonchev–Trinajstić information content (AvgIpc) is 2.84. The van der Waals surface area contributed by atoms with Gasteiger partial charge in [-0.3, -0.25) is 4.79 Å². The number of carbonyl (C=O) groups is 1. The summed E-state index contributed by atoms with van der Waals surface area (Å²) in [6, 6.07) is 10.1. The second-order valence-electron chi connectivity index (χ2n) is 6.44. The molecule has 0 fully saturated rings. The minimum atomic E-state index is -3.28. The Hall–Kier alpha value is -2.08. The summed E-state index contributed by atoms with van der Waals surface area (Å²) in [7, 11) is -3.28. The summed E-state index contributed by atoms with van der Waals surface area (Å²) in [5.41, 5.74) is 1.17. The zero-order chi connectivity index (χ0) is 17.3. The van der Waals surface area contributed by atoms with Crippen molar-refractivity contribution in [2.75, 3.05) is 5.32 Å². The number of benzene rings is 1. The largest absolute Gasteiger partial charge is 0.456 e. The predicted molar refractivity (Wildman–Crippen MR) is 90.2 cm³/mol. The fraction of sp³-hybridized carbons (Fsp3) is 0.353. The molecule has 0 saturated heterocycles. The summed E-state index contributed by atoms with van der Waals surface area (Å²) < 4.78 is 29.0. The summed E-state index contributed by atoms with van der Waals surface area (Å²) in [4.78, 5) is 12.1. The molecule has 6 heteroatoms. The van der Waals surface area contributed by atoms with Crippen LogP contribution >= 0.6 is 0 Å². The molecule has 0 spiro atoms. The molecule has 2 aromatic rings. The first-order valence-corrected chi connectivity index (χ1v) is 8.93. The molecule has 23 heavy (non-hydrogen) atoms. The zero-order valence-electron chi connectivity index (χ0n) is 13.7. The van der Waals surface area contributed by atoms with Crippen LogP contribution in [0, 0.1) is 6.92 Å². The molecular weight excluding hydrogens is 314 g/mol. The van der Waals surface area contributed by atoms with Gasteiger partial charge in [0.05, 0.1) is 10.5 Å². The van der Waals surface area contributed by atoms with Gasteiger partial charge in [0, 0.05) is 5.69 Å². The zero-order valence-corrected chi connectivity index (χ0v) is 14.5. The van der Waals surface area contributed by atoms with Gasteiger partial charge in [-0.15, -0.1) is 0 Å². The Bertz CT molecular complexity index is 813. The first kappa shape index (κ1) is 17.3. The Labute approximate surface area is 136 Å². The van der Waals surface area contributed by atoms with Gasteiger partial charge in [0.15, 0.2) is 15.6 Å². The molecule has 1 amide bonds. The van der Waals surface area contributed by atoms with E-state index in [0.29, 0.717) is 17.0 Å². The molecule has 0 aliphatic carbocycles. The van der Waals surface area contributed by atoms with Gasteiger partial charge in [-0.2, -0.15) is 0 Å². The van der Waals surface area contributed by atoms with Crippen LogP contribution in [0.4, 0.5) is 5.69 Å². The highest BCUT2D eigenvalue weighted by molar-refractivity contribution is 7.91. The van der Waals surface area contributed by atoms with Crippen molar-refractivity contribution in [2.45, 2.75) is 38.2 Å². The van der Waals surface area contributed by atoms with Crippen LogP contribution in [0.3, 0.4) is 0 Å². The number of rotatable bonds is 4. The van der Waals surface area contributed by atoms with E-state index in [1.165, 1.54) is 0 Å². The standard InChI is InChI=1S/C17H21NO4S/c1-12-8-9-15(22-12)16(19)18-14-7-5-6-13(10-14)11-23(20,21)17(2,3)4/h5-10H,11H2,1-4H3,(H,18,19). The second kappa shape index (κ2) is 6.20. The van der Waals surface area contributed by atoms with Crippen molar-refractivity contribution in [1.29, 1.82) is 0 Å². The molecule has 0 atom stereocenters. The lowest BCUT2D eigenvalue weighted by Gasteiger charge is -2.19. The van der Waals surface area contributed by atoms with Crippen LogP contribution in [0.5, 0.6) is 0 Å². The summed E-state index contributed by atoms with van der Waals surface area (Å²) in [5.74, 6) is 0.435. The predicted octanol–water partition coefficient (Wildman–Crippen LogP) is 3.55. The van der Waals surface area contributed by atoms with Gasteiger partial charge in [-0.05, 0) is 57.5 Å². The van der Waals surface area contributed by atoms with Crippen molar-refractivity contribution < 1.29 is 17.6 Å². The summed E-state index contributed by atoms with van der Waals surface area (Å²) in [6.45, 7) is 6.78. The fourth-order valence-electron chi connectivity index (χ4n) is 1.92. The van der Waals surface area contributed by atoms with Crippen LogP contribution in [0.2, 0.25) is 0 Å². The monoisotopic (exact) mass is 335 g/mol. The fourth-order valence-corrected chi connectivity index (χ4v) is 2.98.